The van der Waals surface area contributed by atoms with E-state index >= 15 is 0 Å². The van der Waals surface area contributed by atoms with Gasteiger partial charge in [-0.05, 0) is 20.8 Å². The maximum atomic E-state index is 13.0. The summed E-state index contributed by atoms with van der Waals surface area (Å²) in [6, 6.07) is -0.921. The Labute approximate surface area is 201 Å². The number of β-lactam (4-membered cyclic amide) rings is 1. The van der Waals surface area contributed by atoms with E-state index in [0.29, 0.717) is 5.57 Å². The normalized spacial score (nSPS) is 20.4. The van der Waals surface area contributed by atoms with E-state index in [1.807, 2.05) is 0 Å². The maximum absolute atomic E-state index is 13.0. The van der Waals surface area contributed by atoms with Crippen LogP contribution in [0, 0.1) is 0 Å². The van der Waals surface area contributed by atoms with E-state index < -0.39 is 50.6 Å². The van der Waals surface area contributed by atoms with Crippen molar-refractivity contribution in [3.05, 3.63) is 23.7 Å². The molecular formula is C20H26N4O8S2. The van der Waals surface area contributed by atoms with Crippen LogP contribution in [0.1, 0.15) is 27.7 Å². The van der Waals surface area contributed by atoms with E-state index in [0.717, 1.165) is 6.26 Å². The number of rotatable bonds is 7. The van der Waals surface area contributed by atoms with Gasteiger partial charge in [0.2, 0.25) is 20.9 Å². The molecule has 0 aromatic carbocycles. The van der Waals surface area contributed by atoms with Crippen molar-refractivity contribution in [2.45, 2.75) is 56.4 Å². The molecule has 0 spiro atoms. The van der Waals surface area contributed by atoms with Gasteiger partial charge >= 0.3 is 11.9 Å². The minimum absolute atomic E-state index is 0.00407. The number of imidazole rings is 1. The predicted molar refractivity (Wildman–Crippen MR) is 120 cm³/mol. The Hall–Kier alpha value is -2.87. The number of carbonyl (C=O) groups excluding carboxylic acids is 4. The van der Waals surface area contributed by atoms with Crippen molar-refractivity contribution in [2.24, 2.45) is 0 Å². The number of thioether (sulfide) groups is 1. The van der Waals surface area contributed by atoms with E-state index in [-0.39, 0.29) is 29.8 Å². The monoisotopic (exact) mass is 514 g/mol. The molecule has 1 N–H and O–H groups in total. The summed E-state index contributed by atoms with van der Waals surface area (Å²) in [4.78, 5) is 54.7. The first kappa shape index (κ1) is 25.7. The van der Waals surface area contributed by atoms with E-state index in [2.05, 4.69) is 10.3 Å². The van der Waals surface area contributed by atoms with Gasteiger partial charge in [0.15, 0.2) is 0 Å². The number of sulfone groups is 1. The Kier molecular flexibility index (Phi) is 7.12. The lowest BCUT2D eigenvalue weighted by molar-refractivity contribution is -0.159. The first-order valence-electron chi connectivity index (χ1n) is 10.2. The molecule has 0 bridgehead atoms. The van der Waals surface area contributed by atoms with Gasteiger partial charge in [0.25, 0.3) is 5.91 Å². The fourth-order valence-electron chi connectivity index (χ4n) is 3.42. The van der Waals surface area contributed by atoms with Gasteiger partial charge in [0.05, 0.1) is 0 Å². The standard InChI is InChI=1S/C20H26N4O8S2/c1-11(25)31-9-12-10-33-17-14(16(27)24(17)15(12)18(28)32-20(2,3)4)22-13(26)8-23-7-6-21-19(23)34(5,29)30/h6-7,14,17H,8-10H2,1-5H3,(H,22,26). The number of nitrogens with one attached hydrogen (secondary N) is 1. The summed E-state index contributed by atoms with van der Waals surface area (Å²) in [5.74, 6) is -2.09. The van der Waals surface area contributed by atoms with Crippen molar-refractivity contribution in [3.8, 4) is 0 Å². The zero-order valence-electron chi connectivity index (χ0n) is 19.4. The topological polar surface area (TPSA) is 154 Å². The minimum atomic E-state index is -3.64. The molecule has 186 valence electrons. The van der Waals surface area contributed by atoms with Crippen molar-refractivity contribution in [2.75, 3.05) is 18.6 Å². The van der Waals surface area contributed by atoms with Crippen molar-refractivity contribution in [3.63, 3.8) is 0 Å². The Morgan fingerprint density at radius 1 is 1.29 bits per heavy atom. The van der Waals surface area contributed by atoms with Crippen LogP contribution in [-0.2, 0) is 45.0 Å². The summed E-state index contributed by atoms with van der Waals surface area (Å²) < 4.78 is 35.2. The summed E-state index contributed by atoms with van der Waals surface area (Å²) in [6.45, 7) is 5.79. The average Bonchev–Trinajstić information content (AvgIpc) is 3.16. The van der Waals surface area contributed by atoms with Crippen LogP contribution in [0.3, 0.4) is 0 Å². The maximum Gasteiger partial charge on any atom is 0.355 e. The van der Waals surface area contributed by atoms with Crippen LogP contribution in [0.2, 0.25) is 0 Å². The lowest BCUT2D eigenvalue weighted by Gasteiger charge is -2.49. The van der Waals surface area contributed by atoms with E-state index in [9.17, 15) is 27.6 Å². The molecule has 1 saturated heterocycles. The van der Waals surface area contributed by atoms with Crippen LogP contribution in [0.15, 0.2) is 28.8 Å². The van der Waals surface area contributed by atoms with Crippen molar-refractivity contribution in [1.29, 1.82) is 0 Å². The third-order valence-electron chi connectivity index (χ3n) is 4.73. The number of aromatic nitrogens is 2. The molecule has 1 aromatic heterocycles. The number of hydrogen-bond donors (Lipinski definition) is 1. The quantitative estimate of drug-likeness (QED) is 0.384. The van der Waals surface area contributed by atoms with Crippen LogP contribution in [0.25, 0.3) is 0 Å². The highest BCUT2D eigenvalue weighted by Crippen LogP contribution is 2.41. The Balaban J connectivity index is 1.77. The van der Waals surface area contributed by atoms with Crippen LogP contribution in [-0.4, -0.2) is 82.3 Å². The molecule has 3 rings (SSSR count). The van der Waals surface area contributed by atoms with Crippen LogP contribution < -0.4 is 5.32 Å². The van der Waals surface area contributed by atoms with Crippen LogP contribution >= 0.6 is 11.8 Å². The SMILES string of the molecule is CC(=O)OCC1=C(C(=O)OC(C)(C)C)N2C(=O)C(NC(=O)Cn3ccnc3S(C)(=O)=O)C2SC1. The Bertz CT molecular complexity index is 1170. The second-order valence-electron chi connectivity index (χ2n) is 8.80. The second-order valence-corrected chi connectivity index (χ2v) is 11.8. The van der Waals surface area contributed by atoms with Gasteiger partial charge in [-0.2, -0.15) is 0 Å². The second kappa shape index (κ2) is 9.41. The van der Waals surface area contributed by atoms with Gasteiger partial charge in [-0.15, -0.1) is 11.8 Å². The lowest BCUT2D eigenvalue weighted by Crippen LogP contribution is -2.71. The van der Waals surface area contributed by atoms with E-state index in [1.54, 1.807) is 20.8 Å². The first-order chi connectivity index (χ1) is 15.7. The molecule has 1 aromatic rings. The molecule has 3 heterocycles. The lowest BCUT2D eigenvalue weighted by atomic mass is 10.0. The molecule has 14 heteroatoms. The van der Waals surface area contributed by atoms with Crippen molar-refractivity contribution < 1.29 is 37.1 Å². The number of esters is 2. The number of ether oxygens (including phenoxy) is 2. The Morgan fingerprint density at radius 2 is 1.97 bits per heavy atom. The molecule has 2 aliphatic heterocycles. The molecule has 1 fully saturated rings. The molecule has 12 nitrogen and oxygen atoms in total. The van der Waals surface area contributed by atoms with Gasteiger partial charge in [-0.1, -0.05) is 0 Å². The number of hydrogen-bond acceptors (Lipinski definition) is 10. The molecule has 2 atom stereocenters. The van der Waals surface area contributed by atoms with Gasteiger partial charge in [0.1, 0.15) is 35.9 Å². The van der Waals surface area contributed by atoms with Crippen molar-refractivity contribution >= 4 is 45.4 Å². The molecular weight excluding hydrogens is 488 g/mol. The molecule has 34 heavy (non-hydrogen) atoms. The molecule has 2 aliphatic rings. The predicted octanol–water partition coefficient (Wildman–Crippen LogP) is -0.155. The third kappa shape index (κ3) is 5.60. The van der Waals surface area contributed by atoms with Gasteiger partial charge in [-0.25, -0.2) is 18.2 Å². The minimum Gasteiger partial charge on any atom is -0.461 e. The fourth-order valence-corrected chi connectivity index (χ4v) is 5.55. The number of carbonyl (C=O) groups is 4. The highest BCUT2D eigenvalue weighted by molar-refractivity contribution is 8.00. The molecule has 0 radical (unpaired) electrons. The zero-order valence-corrected chi connectivity index (χ0v) is 21.0. The first-order valence-corrected chi connectivity index (χ1v) is 13.2. The average molecular weight is 515 g/mol. The van der Waals surface area contributed by atoms with Crippen LogP contribution in [0.5, 0.6) is 0 Å². The van der Waals surface area contributed by atoms with Gasteiger partial charge in [0, 0.05) is 36.9 Å². The highest BCUT2D eigenvalue weighted by atomic mass is 32.2. The highest BCUT2D eigenvalue weighted by Gasteiger charge is 2.54. The van der Waals surface area contributed by atoms with Gasteiger partial charge in [-0.3, -0.25) is 19.3 Å². The summed E-state index contributed by atoms with van der Waals surface area (Å²) in [7, 11) is -3.64. The summed E-state index contributed by atoms with van der Waals surface area (Å²) >= 11 is 1.30. The van der Waals surface area contributed by atoms with Gasteiger partial charge < -0.3 is 19.4 Å². The van der Waals surface area contributed by atoms with Crippen LogP contribution in [0.4, 0.5) is 0 Å². The zero-order chi connectivity index (χ0) is 25.4. The largest absolute Gasteiger partial charge is 0.461 e. The smallest absolute Gasteiger partial charge is 0.355 e. The third-order valence-corrected chi connectivity index (χ3v) is 7.07. The molecule has 0 saturated carbocycles. The summed E-state index contributed by atoms with van der Waals surface area (Å²) in [5, 5.41) is 1.77. The summed E-state index contributed by atoms with van der Waals surface area (Å²) in [5.41, 5.74) is -0.384. The fraction of sp³-hybridized carbons (Fsp3) is 0.550. The number of amides is 2. The van der Waals surface area contributed by atoms with E-state index in [1.165, 1.54) is 40.5 Å². The van der Waals surface area contributed by atoms with E-state index in [4.69, 9.17) is 9.47 Å². The molecule has 0 aliphatic carbocycles. The number of nitrogens with zero attached hydrogens (tertiary/aromatic N) is 3. The summed E-state index contributed by atoms with van der Waals surface area (Å²) in [6.07, 6.45) is 3.60. The molecule has 2 amide bonds. The number of fused-ring (bicyclic) bond motifs is 1. The Morgan fingerprint density at radius 3 is 2.56 bits per heavy atom. The van der Waals surface area contributed by atoms with Crippen molar-refractivity contribution in [1.82, 2.24) is 19.8 Å². The molecule has 2 unspecified atom stereocenters.